The summed E-state index contributed by atoms with van der Waals surface area (Å²) < 4.78 is 3.01. The van der Waals surface area contributed by atoms with Crippen LogP contribution in [0.3, 0.4) is 0 Å². The molecular formula is C12H7BrClN3. The average Bonchev–Trinajstić information content (AvgIpc) is 2.71. The predicted molar refractivity (Wildman–Crippen MR) is 71.6 cm³/mol. The van der Waals surface area contributed by atoms with Crippen LogP contribution in [0.4, 0.5) is 0 Å². The van der Waals surface area contributed by atoms with Gasteiger partial charge in [0.2, 0.25) is 0 Å². The molecule has 2 aromatic heterocycles. The molecule has 0 fully saturated rings. The van der Waals surface area contributed by atoms with Crippen LogP contribution in [0.25, 0.3) is 16.7 Å². The largest absolute Gasteiger partial charge is 0.301 e. The molecule has 0 radical (unpaired) electrons. The minimum absolute atomic E-state index is 0.437. The van der Waals surface area contributed by atoms with Crippen molar-refractivity contribution in [2.24, 2.45) is 0 Å². The summed E-state index contributed by atoms with van der Waals surface area (Å²) in [5.41, 5.74) is 1.08. The van der Waals surface area contributed by atoms with Gasteiger partial charge in [-0.25, -0.2) is 9.97 Å². The number of nitrogens with zero attached hydrogens (tertiary/aromatic N) is 3. The lowest BCUT2D eigenvalue weighted by molar-refractivity contribution is 1.01. The normalized spacial score (nSPS) is 10.9. The van der Waals surface area contributed by atoms with Crippen molar-refractivity contribution in [2.45, 2.75) is 0 Å². The summed E-state index contributed by atoms with van der Waals surface area (Å²) >= 11 is 9.34. The van der Waals surface area contributed by atoms with Gasteiger partial charge in [0, 0.05) is 22.1 Å². The van der Waals surface area contributed by atoms with Crippen molar-refractivity contribution in [3.63, 3.8) is 0 Å². The van der Waals surface area contributed by atoms with E-state index in [1.165, 1.54) is 6.33 Å². The zero-order chi connectivity index (χ0) is 11.8. The Morgan fingerprint density at radius 1 is 1.12 bits per heavy atom. The van der Waals surface area contributed by atoms with Gasteiger partial charge in [0.05, 0.1) is 5.52 Å². The number of hydrogen-bond acceptors (Lipinski definition) is 2. The summed E-state index contributed by atoms with van der Waals surface area (Å²) in [5.74, 6) is 0.762. The molecule has 2 heterocycles. The topological polar surface area (TPSA) is 30.7 Å². The summed E-state index contributed by atoms with van der Waals surface area (Å²) in [6.45, 7) is 0. The van der Waals surface area contributed by atoms with Gasteiger partial charge in [-0.3, -0.25) is 0 Å². The molecule has 1 aromatic carbocycles. The molecule has 0 aliphatic carbocycles. The first-order valence-corrected chi connectivity index (χ1v) is 6.16. The number of aromatic nitrogens is 3. The number of benzene rings is 1. The fourth-order valence-electron chi connectivity index (χ4n) is 1.76. The van der Waals surface area contributed by atoms with Crippen LogP contribution in [0.1, 0.15) is 0 Å². The van der Waals surface area contributed by atoms with Crippen molar-refractivity contribution in [3.05, 3.63) is 52.5 Å². The second-order valence-corrected chi connectivity index (χ2v) is 4.89. The van der Waals surface area contributed by atoms with Crippen molar-refractivity contribution >= 4 is 38.4 Å². The third-order valence-corrected chi connectivity index (χ3v) is 3.22. The zero-order valence-corrected chi connectivity index (χ0v) is 11.0. The van der Waals surface area contributed by atoms with E-state index in [1.54, 1.807) is 6.07 Å². The quantitative estimate of drug-likeness (QED) is 0.640. The number of rotatable bonds is 1. The van der Waals surface area contributed by atoms with Gasteiger partial charge in [-0.05, 0) is 18.2 Å². The zero-order valence-electron chi connectivity index (χ0n) is 8.64. The van der Waals surface area contributed by atoms with E-state index in [2.05, 4.69) is 32.0 Å². The van der Waals surface area contributed by atoms with Gasteiger partial charge < -0.3 is 4.57 Å². The molecule has 0 saturated carbocycles. The minimum atomic E-state index is 0.437. The highest BCUT2D eigenvalue weighted by Crippen LogP contribution is 2.23. The van der Waals surface area contributed by atoms with E-state index in [4.69, 9.17) is 11.6 Å². The molecule has 3 rings (SSSR count). The maximum Gasteiger partial charge on any atom is 0.142 e. The Labute approximate surface area is 111 Å². The highest BCUT2D eigenvalue weighted by molar-refractivity contribution is 9.10. The van der Waals surface area contributed by atoms with E-state index in [0.717, 1.165) is 21.2 Å². The van der Waals surface area contributed by atoms with Crippen LogP contribution in [-0.2, 0) is 0 Å². The Morgan fingerprint density at radius 2 is 2.00 bits per heavy atom. The van der Waals surface area contributed by atoms with E-state index >= 15 is 0 Å². The Balaban J connectivity index is 2.27. The first-order valence-electron chi connectivity index (χ1n) is 4.98. The highest BCUT2D eigenvalue weighted by atomic mass is 79.9. The molecule has 0 saturated heterocycles. The second-order valence-electron chi connectivity index (χ2n) is 3.59. The third-order valence-electron chi connectivity index (χ3n) is 2.52. The molecule has 17 heavy (non-hydrogen) atoms. The van der Waals surface area contributed by atoms with Gasteiger partial charge >= 0.3 is 0 Å². The fraction of sp³-hybridized carbons (Fsp3) is 0. The number of halogens is 2. The van der Waals surface area contributed by atoms with E-state index in [1.807, 2.05) is 29.0 Å². The standard InChI is InChI=1S/C12H7BrClN3/c13-9-2-1-8-3-4-17(10(8)5-9)12-6-11(14)15-7-16-12/h1-7H. The molecule has 5 heteroatoms. The second kappa shape index (κ2) is 4.13. The van der Waals surface area contributed by atoms with Gasteiger partial charge in [-0.2, -0.15) is 0 Å². The van der Waals surface area contributed by atoms with Crippen LogP contribution in [0.5, 0.6) is 0 Å². The van der Waals surface area contributed by atoms with E-state index < -0.39 is 0 Å². The van der Waals surface area contributed by atoms with Gasteiger partial charge in [-0.15, -0.1) is 0 Å². The smallest absolute Gasteiger partial charge is 0.142 e. The lowest BCUT2D eigenvalue weighted by Crippen LogP contribution is -1.96. The molecule has 0 N–H and O–H groups in total. The molecule has 0 bridgehead atoms. The SMILES string of the molecule is Clc1cc(-n2ccc3ccc(Br)cc32)ncn1. The lowest BCUT2D eigenvalue weighted by Gasteiger charge is -2.04. The first-order chi connectivity index (χ1) is 8.24. The molecule has 3 aromatic rings. The van der Waals surface area contributed by atoms with Crippen molar-refractivity contribution in [1.82, 2.24) is 14.5 Å². The van der Waals surface area contributed by atoms with Crippen molar-refractivity contribution in [3.8, 4) is 5.82 Å². The summed E-state index contributed by atoms with van der Waals surface area (Å²) in [4.78, 5) is 8.09. The van der Waals surface area contributed by atoms with Gasteiger partial charge in [-0.1, -0.05) is 33.6 Å². The number of hydrogen-bond donors (Lipinski definition) is 0. The van der Waals surface area contributed by atoms with Crippen LogP contribution in [-0.4, -0.2) is 14.5 Å². The Bertz CT molecular complexity index is 693. The first kappa shape index (κ1) is 10.7. The van der Waals surface area contributed by atoms with Crippen molar-refractivity contribution < 1.29 is 0 Å². The summed E-state index contributed by atoms with van der Waals surface area (Å²) in [5, 5.41) is 1.59. The molecular weight excluding hydrogens is 302 g/mol. The molecule has 0 amide bonds. The van der Waals surface area contributed by atoms with Crippen LogP contribution in [0.2, 0.25) is 5.15 Å². The lowest BCUT2D eigenvalue weighted by atomic mass is 10.2. The van der Waals surface area contributed by atoms with E-state index in [-0.39, 0.29) is 0 Å². The van der Waals surface area contributed by atoms with Crippen molar-refractivity contribution in [1.29, 1.82) is 0 Å². The maximum absolute atomic E-state index is 5.87. The van der Waals surface area contributed by atoms with Crippen LogP contribution in [0, 0.1) is 0 Å². The summed E-state index contributed by atoms with van der Waals surface area (Å²) in [6, 6.07) is 9.89. The molecule has 0 unspecified atom stereocenters. The van der Waals surface area contributed by atoms with Gasteiger partial charge in [0.1, 0.15) is 17.3 Å². The molecule has 3 nitrogen and oxygen atoms in total. The molecule has 84 valence electrons. The third kappa shape index (κ3) is 1.94. The average molecular weight is 309 g/mol. The Morgan fingerprint density at radius 3 is 2.82 bits per heavy atom. The molecule has 0 aliphatic rings. The molecule has 0 aliphatic heterocycles. The van der Waals surface area contributed by atoms with E-state index in [9.17, 15) is 0 Å². The van der Waals surface area contributed by atoms with Gasteiger partial charge in [0.25, 0.3) is 0 Å². The Kier molecular flexibility index (Phi) is 2.61. The predicted octanol–water partition coefficient (Wildman–Crippen LogP) is 3.84. The van der Waals surface area contributed by atoms with Crippen LogP contribution >= 0.6 is 27.5 Å². The molecule has 0 atom stereocenters. The maximum atomic E-state index is 5.87. The highest BCUT2D eigenvalue weighted by Gasteiger charge is 2.05. The monoisotopic (exact) mass is 307 g/mol. The minimum Gasteiger partial charge on any atom is -0.301 e. The molecule has 0 spiro atoms. The van der Waals surface area contributed by atoms with Gasteiger partial charge in [0.15, 0.2) is 0 Å². The number of fused-ring (bicyclic) bond motifs is 1. The Hall–Kier alpha value is -1.39. The summed E-state index contributed by atoms with van der Waals surface area (Å²) in [7, 11) is 0. The van der Waals surface area contributed by atoms with E-state index in [0.29, 0.717) is 5.15 Å². The fourth-order valence-corrected chi connectivity index (χ4v) is 2.25. The van der Waals surface area contributed by atoms with Crippen molar-refractivity contribution in [2.75, 3.05) is 0 Å². The van der Waals surface area contributed by atoms with Crippen LogP contribution in [0.15, 0.2) is 47.3 Å². The van der Waals surface area contributed by atoms with Crippen LogP contribution < -0.4 is 0 Å². The summed E-state index contributed by atoms with van der Waals surface area (Å²) in [6.07, 6.45) is 3.43.